The van der Waals surface area contributed by atoms with Gasteiger partial charge in [0.2, 0.25) is 5.91 Å². The normalized spacial score (nSPS) is 10.2. The maximum Gasteiger partial charge on any atom is 0.224 e. The summed E-state index contributed by atoms with van der Waals surface area (Å²) in [6.45, 7) is 0. The van der Waals surface area contributed by atoms with Gasteiger partial charge in [-0.3, -0.25) is 4.79 Å². The van der Waals surface area contributed by atoms with Crippen molar-refractivity contribution in [3.05, 3.63) is 29.0 Å². The molecule has 0 aliphatic rings. The molecule has 0 aromatic heterocycles. The molecule has 1 amide bonds. The molecule has 0 saturated heterocycles. The van der Waals surface area contributed by atoms with Crippen LogP contribution in [0.25, 0.3) is 0 Å². The smallest absolute Gasteiger partial charge is 0.224 e. The molecule has 0 atom stereocenters. The van der Waals surface area contributed by atoms with Gasteiger partial charge >= 0.3 is 0 Å². The maximum absolute atomic E-state index is 12.9. The zero-order chi connectivity index (χ0) is 12.0. The highest BCUT2D eigenvalue weighted by atomic mass is 35.5. The van der Waals surface area contributed by atoms with Gasteiger partial charge in [-0.15, -0.1) is 11.6 Å². The van der Waals surface area contributed by atoms with Crippen molar-refractivity contribution >= 4 is 34.8 Å². The fourth-order valence-corrected chi connectivity index (χ4v) is 1.54. The number of benzene rings is 1. The topological polar surface area (TPSA) is 29.1 Å². The summed E-state index contributed by atoms with van der Waals surface area (Å²) >= 11 is 11.3. The third-order valence-corrected chi connectivity index (χ3v) is 2.59. The number of nitrogens with one attached hydrogen (secondary N) is 1. The Kier molecular flexibility index (Phi) is 5.56. The molecule has 0 unspecified atom stereocenters. The lowest BCUT2D eigenvalue weighted by atomic mass is 10.2. The quantitative estimate of drug-likeness (QED) is 0.635. The maximum atomic E-state index is 12.9. The van der Waals surface area contributed by atoms with Crippen LogP contribution in [-0.2, 0) is 4.79 Å². The Labute approximate surface area is 104 Å². The Morgan fingerprint density at radius 3 is 2.81 bits per heavy atom. The summed E-state index contributed by atoms with van der Waals surface area (Å²) in [5.74, 6) is -0.0772. The van der Waals surface area contributed by atoms with Gasteiger partial charge in [-0.25, -0.2) is 4.39 Å². The van der Waals surface area contributed by atoms with Gasteiger partial charge in [-0.2, -0.15) is 0 Å². The fourth-order valence-electron chi connectivity index (χ4n) is 1.19. The number of alkyl halides is 1. The lowest BCUT2D eigenvalue weighted by Crippen LogP contribution is -2.11. The molecule has 1 aromatic carbocycles. The standard InChI is InChI=1S/C11H12Cl2FNO/c12-6-2-1-3-11(16)15-10-7-8(14)4-5-9(10)13/h4-5,7H,1-3,6H2,(H,15,16). The molecule has 1 rings (SSSR count). The van der Waals surface area contributed by atoms with Gasteiger partial charge in [-0.1, -0.05) is 11.6 Å². The number of hydrogen-bond acceptors (Lipinski definition) is 1. The predicted molar refractivity (Wildman–Crippen MR) is 64.6 cm³/mol. The molecule has 1 aromatic rings. The van der Waals surface area contributed by atoms with Crippen LogP contribution < -0.4 is 5.32 Å². The minimum absolute atomic E-state index is 0.183. The van der Waals surface area contributed by atoms with Crippen molar-refractivity contribution in [2.45, 2.75) is 19.3 Å². The first kappa shape index (κ1) is 13.3. The largest absolute Gasteiger partial charge is 0.325 e. The van der Waals surface area contributed by atoms with Crippen molar-refractivity contribution in [2.75, 3.05) is 11.2 Å². The molecule has 0 aliphatic carbocycles. The minimum atomic E-state index is -0.430. The summed E-state index contributed by atoms with van der Waals surface area (Å²) < 4.78 is 12.9. The summed E-state index contributed by atoms with van der Waals surface area (Å²) in [6, 6.07) is 3.85. The van der Waals surface area contributed by atoms with Gasteiger partial charge in [0.05, 0.1) is 10.7 Å². The van der Waals surface area contributed by atoms with E-state index < -0.39 is 5.82 Å². The first-order chi connectivity index (χ1) is 7.63. The lowest BCUT2D eigenvalue weighted by Gasteiger charge is -2.06. The SMILES string of the molecule is O=C(CCCCCl)Nc1cc(F)ccc1Cl. The molecule has 0 spiro atoms. The Bertz CT molecular complexity index is 371. The highest BCUT2D eigenvalue weighted by Crippen LogP contribution is 2.22. The van der Waals surface area contributed by atoms with Crippen LogP contribution >= 0.6 is 23.2 Å². The summed E-state index contributed by atoms with van der Waals surface area (Å²) in [7, 11) is 0. The number of unbranched alkanes of at least 4 members (excludes halogenated alkanes) is 1. The van der Waals surface area contributed by atoms with Crippen LogP contribution in [0.5, 0.6) is 0 Å². The number of amides is 1. The van der Waals surface area contributed by atoms with E-state index in [1.165, 1.54) is 18.2 Å². The van der Waals surface area contributed by atoms with E-state index in [1.54, 1.807) is 0 Å². The fraction of sp³-hybridized carbons (Fsp3) is 0.364. The highest BCUT2D eigenvalue weighted by Gasteiger charge is 2.06. The van der Waals surface area contributed by atoms with E-state index >= 15 is 0 Å². The number of halogens is 3. The van der Waals surface area contributed by atoms with Gasteiger partial charge in [0.1, 0.15) is 5.82 Å². The van der Waals surface area contributed by atoms with Crippen molar-refractivity contribution in [1.29, 1.82) is 0 Å². The van der Waals surface area contributed by atoms with Gasteiger partial charge in [-0.05, 0) is 31.0 Å². The second-order valence-corrected chi connectivity index (χ2v) is 4.10. The summed E-state index contributed by atoms with van der Waals surface area (Å²) in [5.41, 5.74) is 0.303. The van der Waals surface area contributed by atoms with E-state index in [1.807, 2.05) is 0 Å². The molecular weight excluding hydrogens is 252 g/mol. The minimum Gasteiger partial charge on any atom is -0.325 e. The third-order valence-electron chi connectivity index (χ3n) is 1.99. The monoisotopic (exact) mass is 263 g/mol. The molecule has 0 fully saturated rings. The summed E-state index contributed by atoms with van der Waals surface area (Å²) in [5, 5.41) is 2.88. The predicted octanol–water partition coefficient (Wildman–Crippen LogP) is 3.83. The lowest BCUT2D eigenvalue weighted by molar-refractivity contribution is -0.116. The van der Waals surface area contributed by atoms with E-state index in [0.717, 1.165) is 6.42 Å². The van der Waals surface area contributed by atoms with Crippen LogP contribution in [0, 0.1) is 5.82 Å². The number of carbonyl (C=O) groups is 1. The van der Waals surface area contributed by atoms with Crippen LogP contribution in [0.3, 0.4) is 0 Å². The molecule has 0 aliphatic heterocycles. The highest BCUT2D eigenvalue weighted by molar-refractivity contribution is 6.33. The molecule has 0 saturated carbocycles. The van der Waals surface area contributed by atoms with E-state index in [-0.39, 0.29) is 5.91 Å². The Balaban J connectivity index is 2.52. The van der Waals surface area contributed by atoms with Gasteiger partial charge in [0.25, 0.3) is 0 Å². The molecule has 0 bridgehead atoms. The number of rotatable bonds is 5. The zero-order valence-electron chi connectivity index (χ0n) is 8.60. The second kappa shape index (κ2) is 6.71. The first-order valence-corrected chi connectivity index (χ1v) is 5.85. The molecular formula is C11H12Cl2FNO. The van der Waals surface area contributed by atoms with Crippen LogP contribution in [0.1, 0.15) is 19.3 Å². The number of hydrogen-bond donors (Lipinski definition) is 1. The molecule has 16 heavy (non-hydrogen) atoms. The van der Waals surface area contributed by atoms with Crippen molar-refractivity contribution in [3.8, 4) is 0 Å². The molecule has 5 heteroatoms. The Hall–Kier alpha value is -0.800. The average molecular weight is 264 g/mol. The van der Waals surface area contributed by atoms with Crippen molar-refractivity contribution in [3.63, 3.8) is 0 Å². The van der Waals surface area contributed by atoms with Crippen LogP contribution in [-0.4, -0.2) is 11.8 Å². The zero-order valence-corrected chi connectivity index (χ0v) is 10.1. The van der Waals surface area contributed by atoms with Gasteiger partial charge < -0.3 is 5.32 Å². The Morgan fingerprint density at radius 2 is 2.12 bits per heavy atom. The second-order valence-electron chi connectivity index (χ2n) is 3.32. The van der Waals surface area contributed by atoms with E-state index in [2.05, 4.69) is 5.32 Å². The number of anilines is 1. The van der Waals surface area contributed by atoms with Crippen LogP contribution in [0.4, 0.5) is 10.1 Å². The number of carbonyl (C=O) groups excluding carboxylic acids is 1. The van der Waals surface area contributed by atoms with Crippen molar-refractivity contribution in [2.24, 2.45) is 0 Å². The van der Waals surface area contributed by atoms with Gasteiger partial charge in [0, 0.05) is 12.3 Å². The van der Waals surface area contributed by atoms with Crippen molar-refractivity contribution in [1.82, 2.24) is 0 Å². The van der Waals surface area contributed by atoms with E-state index in [0.29, 0.717) is 29.4 Å². The molecule has 0 radical (unpaired) electrons. The first-order valence-electron chi connectivity index (χ1n) is 4.94. The molecule has 2 nitrogen and oxygen atoms in total. The van der Waals surface area contributed by atoms with Crippen molar-refractivity contribution < 1.29 is 9.18 Å². The van der Waals surface area contributed by atoms with E-state index in [4.69, 9.17) is 23.2 Å². The summed E-state index contributed by atoms with van der Waals surface area (Å²) in [4.78, 5) is 11.4. The van der Waals surface area contributed by atoms with Crippen LogP contribution in [0.2, 0.25) is 5.02 Å². The molecule has 0 heterocycles. The molecule has 1 N–H and O–H groups in total. The van der Waals surface area contributed by atoms with E-state index in [9.17, 15) is 9.18 Å². The third kappa shape index (κ3) is 4.37. The van der Waals surface area contributed by atoms with Crippen LogP contribution in [0.15, 0.2) is 18.2 Å². The average Bonchev–Trinajstić information content (AvgIpc) is 2.24. The summed E-state index contributed by atoms with van der Waals surface area (Å²) in [6.07, 6.45) is 1.85. The van der Waals surface area contributed by atoms with Gasteiger partial charge in [0.15, 0.2) is 0 Å². The Morgan fingerprint density at radius 1 is 1.38 bits per heavy atom. The molecule has 88 valence electrons.